The molecule has 24 heavy (non-hydrogen) atoms. The lowest BCUT2D eigenvalue weighted by atomic mass is 10.1. The lowest BCUT2D eigenvalue weighted by molar-refractivity contribution is 0.247. The fraction of sp³-hybridized carbons (Fsp3) is 0.500. The van der Waals surface area contributed by atoms with Crippen molar-refractivity contribution in [2.45, 2.75) is 37.8 Å². The van der Waals surface area contributed by atoms with Crippen molar-refractivity contribution in [1.82, 2.24) is 25.5 Å². The average molecular weight is 344 g/mol. The van der Waals surface area contributed by atoms with Crippen molar-refractivity contribution in [1.29, 1.82) is 0 Å². The molecule has 0 unspecified atom stereocenters. The third-order valence-electron chi connectivity index (χ3n) is 4.34. The van der Waals surface area contributed by atoms with Crippen LogP contribution in [0.15, 0.2) is 24.3 Å². The van der Waals surface area contributed by atoms with Crippen molar-refractivity contribution in [3.05, 3.63) is 24.3 Å². The number of hydrogen-bond acceptors (Lipinski definition) is 5. The number of hydrogen-bond donors (Lipinski definition) is 2. The first-order chi connectivity index (χ1) is 11.8. The number of nitrogens with one attached hydrogen (secondary N) is 2. The highest BCUT2D eigenvalue weighted by molar-refractivity contribution is 7.99. The predicted octanol–water partition coefficient (Wildman–Crippen LogP) is 2.69. The van der Waals surface area contributed by atoms with Gasteiger partial charge in [-0.2, -0.15) is 11.8 Å². The van der Waals surface area contributed by atoms with Crippen LogP contribution in [-0.4, -0.2) is 43.8 Å². The lowest BCUT2D eigenvalue weighted by Crippen LogP contribution is -2.39. The minimum atomic E-state index is -0.137. The molecule has 2 aromatic rings. The SMILES string of the molecule is O=C(Nc1ccc(-c2nnnn2C2CC2)cc1)NC1CCSCC1. The first-order valence-corrected chi connectivity index (χ1v) is 9.48. The lowest BCUT2D eigenvalue weighted by Gasteiger charge is -2.22. The van der Waals surface area contributed by atoms with Crippen LogP contribution in [0.4, 0.5) is 10.5 Å². The molecule has 1 saturated carbocycles. The topological polar surface area (TPSA) is 84.7 Å². The molecule has 2 aliphatic rings. The van der Waals surface area contributed by atoms with Crippen LogP contribution in [0.3, 0.4) is 0 Å². The van der Waals surface area contributed by atoms with Crippen LogP contribution >= 0.6 is 11.8 Å². The Bertz CT molecular complexity index is 706. The normalized spacial score (nSPS) is 18.3. The molecule has 7 nitrogen and oxygen atoms in total. The third kappa shape index (κ3) is 3.53. The largest absolute Gasteiger partial charge is 0.335 e. The van der Waals surface area contributed by atoms with Gasteiger partial charge in [-0.15, -0.1) is 5.10 Å². The molecule has 2 N–H and O–H groups in total. The summed E-state index contributed by atoms with van der Waals surface area (Å²) in [6.45, 7) is 0. The Morgan fingerprint density at radius 2 is 1.88 bits per heavy atom. The summed E-state index contributed by atoms with van der Waals surface area (Å²) in [7, 11) is 0. The Hall–Kier alpha value is -2.09. The van der Waals surface area contributed by atoms with Crippen molar-refractivity contribution in [3.8, 4) is 11.4 Å². The molecular weight excluding hydrogens is 324 g/mol. The van der Waals surface area contributed by atoms with Gasteiger partial charge >= 0.3 is 6.03 Å². The molecule has 126 valence electrons. The maximum absolute atomic E-state index is 12.1. The second-order valence-electron chi connectivity index (χ2n) is 6.24. The van der Waals surface area contributed by atoms with E-state index in [4.69, 9.17) is 0 Å². The van der Waals surface area contributed by atoms with E-state index in [2.05, 4.69) is 26.2 Å². The molecule has 1 saturated heterocycles. The Morgan fingerprint density at radius 1 is 1.12 bits per heavy atom. The first kappa shape index (κ1) is 15.4. The molecule has 1 aliphatic carbocycles. The van der Waals surface area contributed by atoms with Crippen molar-refractivity contribution in [2.75, 3.05) is 16.8 Å². The molecule has 2 fully saturated rings. The maximum Gasteiger partial charge on any atom is 0.319 e. The molecule has 1 aromatic carbocycles. The Balaban J connectivity index is 1.38. The van der Waals surface area contributed by atoms with E-state index in [0.717, 1.165) is 54.3 Å². The molecule has 2 amide bonds. The average Bonchev–Trinajstić information content (AvgIpc) is 3.33. The van der Waals surface area contributed by atoms with Crippen LogP contribution < -0.4 is 10.6 Å². The summed E-state index contributed by atoms with van der Waals surface area (Å²) in [4.78, 5) is 12.1. The van der Waals surface area contributed by atoms with Crippen LogP contribution in [0.5, 0.6) is 0 Å². The van der Waals surface area contributed by atoms with Gasteiger partial charge in [0.2, 0.25) is 0 Å². The molecule has 1 aromatic heterocycles. The second kappa shape index (κ2) is 6.80. The van der Waals surface area contributed by atoms with E-state index >= 15 is 0 Å². The summed E-state index contributed by atoms with van der Waals surface area (Å²) in [6, 6.07) is 8.24. The number of thioether (sulfide) groups is 1. The summed E-state index contributed by atoms with van der Waals surface area (Å²) in [5.74, 6) is 3.03. The number of aromatic nitrogens is 4. The van der Waals surface area contributed by atoms with Crippen LogP contribution in [0, 0.1) is 0 Å². The Kier molecular flexibility index (Phi) is 4.38. The van der Waals surface area contributed by atoms with E-state index in [1.807, 2.05) is 40.7 Å². The number of anilines is 1. The van der Waals surface area contributed by atoms with Crippen molar-refractivity contribution in [3.63, 3.8) is 0 Å². The molecule has 1 aliphatic heterocycles. The van der Waals surface area contributed by atoms with Crippen LogP contribution in [0.2, 0.25) is 0 Å². The standard InChI is InChI=1S/C16H20N6OS/c23-16(18-13-7-9-24-10-8-13)17-12-3-1-11(2-4-12)15-19-20-21-22(15)14-5-6-14/h1-4,13-14H,5-10H2,(H2,17,18,23). The highest BCUT2D eigenvalue weighted by Crippen LogP contribution is 2.36. The van der Waals surface area contributed by atoms with Crippen LogP contribution in [0.1, 0.15) is 31.7 Å². The zero-order valence-corrected chi connectivity index (χ0v) is 14.1. The van der Waals surface area contributed by atoms with Gasteiger partial charge in [0.05, 0.1) is 6.04 Å². The van der Waals surface area contributed by atoms with Gasteiger partial charge < -0.3 is 10.6 Å². The maximum atomic E-state index is 12.1. The number of carbonyl (C=O) groups excluding carboxylic acids is 1. The molecule has 0 spiro atoms. The Labute approximate surface area is 144 Å². The van der Waals surface area contributed by atoms with E-state index in [1.54, 1.807) is 0 Å². The van der Waals surface area contributed by atoms with Crippen molar-refractivity contribution in [2.24, 2.45) is 0 Å². The number of urea groups is 1. The number of carbonyl (C=O) groups is 1. The van der Waals surface area contributed by atoms with Gasteiger partial charge in [0.15, 0.2) is 5.82 Å². The second-order valence-corrected chi connectivity index (χ2v) is 7.47. The number of nitrogens with zero attached hydrogens (tertiary/aromatic N) is 4. The number of amides is 2. The molecule has 8 heteroatoms. The van der Waals surface area contributed by atoms with Crippen molar-refractivity contribution < 1.29 is 4.79 Å². The first-order valence-electron chi connectivity index (χ1n) is 8.33. The predicted molar refractivity (Wildman–Crippen MR) is 94.0 cm³/mol. The summed E-state index contributed by atoms with van der Waals surface area (Å²) < 4.78 is 1.89. The number of benzene rings is 1. The highest BCUT2D eigenvalue weighted by Gasteiger charge is 2.28. The minimum Gasteiger partial charge on any atom is -0.335 e. The summed E-state index contributed by atoms with van der Waals surface area (Å²) in [6.07, 6.45) is 4.36. The third-order valence-corrected chi connectivity index (χ3v) is 5.39. The highest BCUT2D eigenvalue weighted by atomic mass is 32.2. The molecule has 0 radical (unpaired) electrons. The molecule has 0 atom stereocenters. The summed E-state index contributed by atoms with van der Waals surface area (Å²) >= 11 is 1.95. The van der Waals surface area contributed by atoms with E-state index in [-0.39, 0.29) is 12.1 Å². The smallest absolute Gasteiger partial charge is 0.319 e. The van der Waals surface area contributed by atoms with E-state index in [1.165, 1.54) is 0 Å². The number of tetrazole rings is 1. The molecule has 4 rings (SSSR count). The minimum absolute atomic E-state index is 0.137. The van der Waals surface area contributed by atoms with Gasteiger partial charge in [0.25, 0.3) is 0 Å². The van der Waals surface area contributed by atoms with Gasteiger partial charge in [-0.1, -0.05) is 0 Å². The van der Waals surface area contributed by atoms with E-state index < -0.39 is 0 Å². The number of rotatable bonds is 4. The summed E-state index contributed by atoms with van der Waals surface area (Å²) in [5.41, 5.74) is 1.73. The fourth-order valence-corrected chi connectivity index (χ4v) is 3.95. The Morgan fingerprint density at radius 3 is 2.58 bits per heavy atom. The van der Waals surface area contributed by atoms with Gasteiger partial charge in [-0.25, -0.2) is 9.48 Å². The van der Waals surface area contributed by atoms with E-state index in [9.17, 15) is 4.79 Å². The van der Waals surface area contributed by atoms with Gasteiger partial charge in [0.1, 0.15) is 0 Å². The monoisotopic (exact) mass is 344 g/mol. The fourth-order valence-electron chi connectivity index (χ4n) is 2.85. The van der Waals surface area contributed by atoms with Gasteiger partial charge in [-0.3, -0.25) is 0 Å². The quantitative estimate of drug-likeness (QED) is 0.891. The van der Waals surface area contributed by atoms with Gasteiger partial charge in [0, 0.05) is 17.3 Å². The van der Waals surface area contributed by atoms with Crippen LogP contribution in [-0.2, 0) is 0 Å². The van der Waals surface area contributed by atoms with E-state index in [0.29, 0.717) is 6.04 Å². The zero-order chi connectivity index (χ0) is 16.4. The zero-order valence-electron chi connectivity index (χ0n) is 13.3. The summed E-state index contributed by atoms with van der Waals surface area (Å²) in [5, 5.41) is 17.9. The van der Waals surface area contributed by atoms with Crippen LogP contribution in [0.25, 0.3) is 11.4 Å². The van der Waals surface area contributed by atoms with Crippen molar-refractivity contribution >= 4 is 23.5 Å². The molecule has 0 bridgehead atoms. The molecular formula is C16H20N6OS. The molecule has 2 heterocycles. The van der Waals surface area contributed by atoms with Gasteiger partial charge in [-0.05, 0) is 71.9 Å².